The Hall–Kier alpha value is -4.19. The molecule has 1 aromatic heterocycles. The largest absolute Gasteiger partial charge is 0.513 e. The van der Waals surface area contributed by atoms with E-state index >= 15 is 0 Å². The predicted octanol–water partition coefficient (Wildman–Crippen LogP) is 8.68. The molecule has 1 aliphatic heterocycles. The van der Waals surface area contributed by atoms with Crippen LogP contribution in [-0.2, 0) is 11.3 Å². The van der Waals surface area contributed by atoms with Crippen molar-refractivity contribution in [2.24, 2.45) is 16.8 Å². The molecular formula is C38H46N4O2. The lowest BCUT2D eigenvalue weighted by atomic mass is 9.80. The summed E-state index contributed by atoms with van der Waals surface area (Å²) in [5.74, 6) is 1.97. The highest BCUT2D eigenvalue weighted by molar-refractivity contribution is 5.97. The zero-order valence-corrected chi connectivity index (χ0v) is 26.6. The van der Waals surface area contributed by atoms with Gasteiger partial charge in [0.05, 0.1) is 17.2 Å². The molecule has 0 bridgehead atoms. The topological polar surface area (TPSA) is 70.7 Å². The van der Waals surface area contributed by atoms with Crippen molar-refractivity contribution in [2.75, 3.05) is 7.05 Å². The second kappa shape index (κ2) is 14.1. The van der Waals surface area contributed by atoms with Crippen LogP contribution in [0.2, 0.25) is 0 Å². The number of amidine groups is 1. The van der Waals surface area contributed by atoms with E-state index in [0.717, 1.165) is 52.0 Å². The van der Waals surface area contributed by atoms with E-state index in [0.29, 0.717) is 25.8 Å². The second-order valence-corrected chi connectivity index (χ2v) is 12.6. The van der Waals surface area contributed by atoms with E-state index in [9.17, 15) is 9.90 Å². The Bertz CT molecular complexity index is 1580. The van der Waals surface area contributed by atoms with Crippen molar-refractivity contribution in [1.82, 2.24) is 14.7 Å². The Kier molecular flexibility index (Phi) is 9.99. The van der Waals surface area contributed by atoms with Crippen LogP contribution in [0, 0.1) is 25.7 Å². The van der Waals surface area contributed by atoms with Crippen molar-refractivity contribution in [2.45, 2.75) is 78.2 Å². The smallest absolute Gasteiger partial charge is 0.135 e. The number of hydrogen-bond donors (Lipinski definition) is 1. The average molecular weight is 591 g/mol. The monoisotopic (exact) mass is 590 g/mol. The SMILES string of the molecule is C=C(O)CCC(=O)CCn1nc(C2=CC3C(CC4CCCCC4)=CC(N(C)/C=C\C(=C)c4cccc(C)c4)=NC3=C2)cc1C. The van der Waals surface area contributed by atoms with E-state index in [1.54, 1.807) is 0 Å². The van der Waals surface area contributed by atoms with Gasteiger partial charge in [0.25, 0.3) is 0 Å². The third kappa shape index (κ3) is 7.85. The minimum atomic E-state index is 0.0521. The fourth-order valence-corrected chi connectivity index (χ4v) is 6.37. The zero-order chi connectivity index (χ0) is 31.2. The number of aliphatic hydroxyl groups is 1. The Morgan fingerprint density at radius 1 is 1.09 bits per heavy atom. The number of fused-ring (bicyclic) bond motifs is 1. The van der Waals surface area contributed by atoms with E-state index in [-0.39, 0.29) is 17.5 Å². The van der Waals surface area contributed by atoms with Crippen LogP contribution in [0.15, 0.2) is 96.0 Å². The summed E-state index contributed by atoms with van der Waals surface area (Å²) in [6, 6.07) is 10.5. The van der Waals surface area contributed by atoms with E-state index in [4.69, 9.17) is 10.1 Å². The molecule has 1 fully saturated rings. The van der Waals surface area contributed by atoms with Gasteiger partial charge >= 0.3 is 0 Å². The Labute approximate surface area is 262 Å². The molecule has 1 saturated carbocycles. The molecule has 0 radical (unpaired) electrons. The van der Waals surface area contributed by atoms with E-state index in [2.05, 4.69) is 92.9 Å². The second-order valence-electron chi connectivity index (χ2n) is 12.6. The number of nitrogens with zero attached hydrogens (tertiary/aromatic N) is 4. The molecule has 1 unspecified atom stereocenters. The van der Waals surface area contributed by atoms with Gasteiger partial charge < -0.3 is 10.0 Å². The Morgan fingerprint density at radius 3 is 2.64 bits per heavy atom. The summed E-state index contributed by atoms with van der Waals surface area (Å²) >= 11 is 0. The molecule has 6 nitrogen and oxygen atoms in total. The third-order valence-electron chi connectivity index (χ3n) is 9.00. The summed E-state index contributed by atoms with van der Waals surface area (Å²) in [7, 11) is 2.06. The van der Waals surface area contributed by atoms with Crippen molar-refractivity contribution >= 4 is 22.8 Å². The first-order valence-electron chi connectivity index (χ1n) is 16.0. The Morgan fingerprint density at radius 2 is 1.89 bits per heavy atom. The lowest BCUT2D eigenvalue weighted by Crippen LogP contribution is -2.25. The van der Waals surface area contributed by atoms with Gasteiger partial charge in [0, 0.05) is 56.2 Å². The van der Waals surface area contributed by atoms with Gasteiger partial charge in [-0.1, -0.05) is 86.7 Å². The van der Waals surface area contributed by atoms with Gasteiger partial charge in [0.15, 0.2) is 0 Å². The first-order valence-corrected chi connectivity index (χ1v) is 16.0. The first kappa shape index (κ1) is 31.2. The summed E-state index contributed by atoms with van der Waals surface area (Å²) < 4.78 is 1.91. The molecule has 3 aliphatic rings. The standard InChI is InChI=1S/C38H46N4O2/c1-26-10-9-13-31(20-26)27(2)16-18-41(5)38-25-32(22-30-11-7-6-8-12-30)35-23-33(24-37(35)39-38)36-21-28(3)42(40-36)19-17-34(44)15-14-29(4)43/h9-10,13,16,18,20-21,23-25,30,35,43H,2,4,6-8,11-12,14-15,17,19,22H2,1,3,5H3/b18-16-. The predicted molar refractivity (Wildman–Crippen MR) is 181 cm³/mol. The summed E-state index contributed by atoms with van der Waals surface area (Å²) in [6.07, 6.45) is 19.6. The first-order chi connectivity index (χ1) is 21.2. The molecule has 0 spiro atoms. The van der Waals surface area contributed by atoms with Crippen molar-refractivity contribution in [3.63, 3.8) is 0 Å². The van der Waals surface area contributed by atoms with Crippen molar-refractivity contribution < 1.29 is 9.90 Å². The highest BCUT2D eigenvalue weighted by Crippen LogP contribution is 2.42. The molecule has 2 heterocycles. The van der Waals surface area contributed by atoms with Gasteiger partial charge in [-0.2, -0.15) is 5.10 Å². The molecule has 1 atom stereocenters. The van der Waals surface area contributed by atoms with Gasteiger partial charge in [-0.15, -0.1) is 0 Å². The highest BCUT2D eigenvalue weighted by Gasteiger charge is 2.30. The molecule has 5 rings (SSSR count). The van der Waals surface area contributed by atoms with Gasteiger partial charge in [-0.25, -0.2) is 4.99 Å². The maximum atomic E-state index is 12.3. The number of hydrogen-bond acceptors (Lipinski definition) is 5. The van der Waals surface area contributed by atoms with Crippen LogP contribution in [0.25, 0.3) is 11.1 Å². The number of aliphatic hydroxyl groups excluding tert-OH is 1. The molecule has 1 aromatic carbocycles. The molecule has 0 amide bonds. The number of dihydropyridines is 1. The van der Waals surface area contributed by atoms with Crippen molar-refractivity contribution in [3.05, 3.63) is 114 Å². The van der Waals surface area contributed by atoms with Crippen LogP contribution >= 0.6 is 0 Å². The van der Waals surface area contributed by atoms with Crippen molar-refractivity contribution in [1.29, 1.82) is 0 Å². The fourth-order valence-electron chi connectivity index (χ4n) is 6.37. The number of aliphatic imine (C=N–C) groups is 1. The number of Topliss-reactive ketones (excluding diaryl/α,β-unsaturated/α-hetero) is 1. The number of aryl methyl sites for hydroxylation is 3. The number of carbonyl (C=O) groups is 1. The number of carbonyl (C=O) groups excluding carboxylic acids is 1. The average Bonchev–Trinajstić information content (AvgIpc) is 3.61. The summed E-state index contributed by atoms with van der Waals surface area (Å²) in [5, 5.41) is 14.2. The number of allylic oxidation sites excluding steroid dienone is 6. The van der Waals surface area contributed by atoms with Crippen molar-refractivity contribution in [3.8, 4) is 0 Å². The maximum Gasteiger partial charge on any atom is 0.135 e. The molecule has 0 saturated heterocycles. The fraction of sp³-hybridized carbons (Fsp3) is 0.395. The molecular weight excluding hydrogens is 544 g/mol. The number of benzene rings is 1. The number of rotatable bonds is 12. The maximum absolute atomic E-state index is 12.3. The van der Waals surface area contributed by atoms with Crippen LogP contribution < -0.4 is 0 Å². The van der Waals surface area contributed by atoms with Gasteiger partial charge in [0.1, 0.15) is 11.6 Å². The lowest BCUT2D eigenvalue weighted by molar-refractivity contribution is -0.119. The van der Waals surface area contributed by atoms with Crippen LogP contribution in [0.5, 0.6) is 0 Å². The van der Waals surface area contributed by atoms with Crippen LogP contribution in [-0.4, -0.2) is 38.5 Å². The zero-order valence-electron chi connectivity index (χ0n) is 26.6. The summed E-state index contributed by atoms with van der Waals surface area (Å²) in [4.78, 5) is 19.5. The van der Waals surface area contributed by atoms with Gasteiger partial charge in [0.2, 0.25) is 0 Å². The van der Waals surface area contributed by atoms with Crippen LogP contribution in [0.3, 0.4) is 0 Å². The van der Waals surface area contributed by atoms with E-state index in [1.165, 1.54) is 43.2 Å². The minimum absolute atomic E-state index is 0.0521. The summed E-state index contributed by atoms with van der Waals surface area (Å²) in [6.45, 7) is 12.4. The molecule has 2 aliphatic carbocycles. The molecule has 2 aromatic rings. The normalized spacial score (nSPS) is 18.4. The number of ketones is 1. The van der Waals surface area contributed by atoms with Gasteiger partial charge in [-0.05, 0) is 61.6 Å². The molecule has 230 valence electrons. The molecule has 6 heteroatoms. The van der Waals surface area contributed by atoms with E-state index < -0.39 is 0 Å². The van der Waals surface area contributed by atoms with Crippen LogP contribution in [0.4, 0.5) is 0 Å². The summed E-state index contributed by atoms with van der Waals surface area (Å²) in [5.41, 5.74) is 8.82. The molecule has 44 heavy (non-hydrogen) atoms. The van der Waals surface area contributed by atoms with Crippen LogP contribution in [0.1, 0.15) is 80.3 Å². The number of aromatic nitrogens is 2. The quantitative estimate of drug-likeness (QED) is 0.198. The minimum Gasteiger partial charge on any atom is -0.513 e. The van der Waals surface area contributed by atoms with E-state index in [1.807, 2.05) is 11.6 Å². The highest BCUT2D eigenvalue weighted by atomic mass is 16.3. The third-order valence-corrected chi connectivity index (χ3v) is 9.00. The van der Waals surface area contributed by atoms with Gasteiger partial charge in [-0.3, -0.25) is 9.48 Å². The Balaban J connectivity index is 1.35. The number of likely N-dealkylation sites (N-methyl/N-ethyl adjacent to an activating group) is 1. The molecule has 1 N–H and O–H groups in total. The lowest BCUT2D eigenvalue weighted by Gasteiger charge is -2.29.